The zero-order valence-corrected chi connectivity index (χ0v) is 14.8. The molecule has 0 saturated carbocycles. The van der Waals surface area contributed by atoms with E-state index in [4.69, 9.17) is 4.74 Å². The Morgan fingerprint density at radius 1 is 1.32 bits per heavy atom. The molecule has 2 N–H and O–H groups in total. The van der Waals surface area contributed by atoms with E-state index in [1.54, 1.807) is 6.07 Å². The van der Waals surface area contributed by atoms with Crippen molar-refractivity contribution in [3.05, 3.63) is 23.8 Å². The Balaban J connectivity index is 1.45. The van der Waals surface area contributed by atoms with Gasteiger partial charge in [0.25, 0.3) is 5.91 Å². The van der Waals surface area contributed by atoms with Crippen LogP contribution in [0.4, 0.5) is 5.69 Å². The number of benzene rings is 1. The number of nitrogens with zero attached hydrogens (tertiary/aromatic N) is 1. The Labute approximate surface area is 148 Å². The summed E-state index contributed by atoms with van der Waals surface area (Å²) >= 11 is 0. The molecule has 2 aliphatic heterocycles. The van der Waals surface area contributed by atoms with E-state index in [1.165, 1.54) is 12.8 Å². The van der Waals surface area contributed by atoms with Crippen LogP contribution in [0.3, 0.4) is 0 Å². The Morgan fingerprint density at radius 2 is 2.12 bits per heavy atom. The van der Waals surface area contributed by atoms with Crippen molar-refractivity contribution in [2.24, 2.45) is 0 Å². The van der Waals surface area contributed by atoms with Crippen molar-refractivity contribution in [2.45, 2.75) is 45.1 Å². The third kappa shape index (κ3) is 4.72. The molecular formula is C19H27N3O3. The van der Waals surface area contributed by atoms with Crippen LogP contribution in [0.25, 0.3) is 0 Å². The number of hydrogen-bond acceptors (Lipinski definition) is 4. The molecule has 0 unspecified atom stereocenters. The number of carbonyl (C=O) groups excluding carboxylic acids is 2. The molecule has 6 nitrogen and oxygen atoms in total. The van der Waals surface area contributed by atoms with Gasteiger partial charge in [-0.25, -0.2) is 0 Å². The zero-order chi connectivity index (χ0) is 17.6. The second-order valence-electron chi connectivity index (χ2n) is 6.77. The smallest absolute Gasteiger partial charge is 0.257 e. The van der Waals surface area contributed by atoms with Gasteiger partial charge < -0.3 is 15.4 Å². The minimum absolute atomic E-state index is 0.0155. The predicted molar refractivity (Wildman–Crippen MR) is 96.8 cm³/mol. The summed E-state index contributed by atoms with van der Waals surface area (Å²) in [5, 5.41) is 5.83. The van der Waals surface area contributed by atoms with Crippen LogP contribution in [0.15, 0.2) is 18.2 Å². The summed E-state index contributed by atoms with van der Waals surface area (Å²) in [7, 11) is 0. The molecule has 0 radical (unpaired) electrons. The van der Waals surface area contributed by atoms with E-state index >= 15 is 0 Å². The second kappa shape index (κ2) is 8.34. The molecule has 0 aliphatic carbocycles. The van der Waals surface area contributed by atoms with Gasteiger partial charge in [-0.3, -0.25) is 14.5 Å². The lowest BCUT2D eigenvalue weighted by Crippen LogP contribution is -2.43. The minimum Gasteiger partial charge on any atom is -0.484 e. The molecule has 1 saturated heterocycles. The summed E-state index contributed by atoms with van der Waals surface area (Å²) in [5.74, 6) is 0.615. The van der Waals surface area contributed by atoms with Gasteiger partial charge in [0, 0.05) is 24.7 Å². The summed E-state index contributed by atoms with van der Waals surface area (Å²) in [6.07, 6.45) is 4.75. The van der Waals surface area contributed by atoms with E-state index in [0.29, 0.717) is 31.2 Å². The van der Waals surface area contributed by atoms with Gasteiger partial charge in [-0.15, -0.1) is 0 Å². The van der Waals surface area contributed by atoms with Crippen LogP contribution in [0, 0.1) is 0 Å². The highest BCUT2D eigenvalue weighted by molar-refractivity contribution is 5.94. The molecule has 1 atom stereocenters. The SMILES string of the molecule is CC[C@@H](CNC(=O)COc1ccc2c(c1)CCC(=O)N2)N1CCCC1. The van der Waals surface area contributed by atoms with Crippen molar-refractivity contribution < 1.29 is 14.3 Å². The second-order valence-corrected chi connectivity index (χ2v) is 6.77. The normalized spacial score (nSPS) is 18.4. The van der Waals surface area contributed by atoms with E-state index in [1.807, 2.05) is 12.1 Å². The molecule has 2 heterocycles. The first-order valence-corrected chi connectivity index (χ1v) is 9.22. The quantitative estimate of drug-likeness (QED) is 0.792. The maximum Gasteiger partial charge on any atom is 0.257 e. The van der Waals surface area contributed by atoms with Crippen LogP contribution in [0.5, 0.6) is 5.75 Å². The van der Waals surface area contributed by atoms with Crippen LogP contribution in [0.2, 0.25) is 0 Å². The van der Waals surface area contributed by atoms with Crippen LogP contribution >= 0.6 is 0 Å². The third-order valence-electron chi connectivity index (χ3n) is 5.01. The lowest BCUT2D eigenvalue weighted by molar-refractivity contribution is -0.123. The molecule has 25 heavy (non-hydrogen) atoms. The fourth-order valence-corrected chi connectivity index (χ4v) is 3.52. The first kappa shape index (κ1) is 17.7. The molecule has 3 rings (SSSR count). The molecule has 6 heteroatoms. The number of ether oxygens (including phenoxy) is 1. The highest BCUT2D eigenvalue weighted by atomic mass is 16.5. The van der Waals surface area contributed by atoms with E-state index in [0.717, 1.165) is 30.8 Å². The molecule has 0 aromatic heterocycles. The Kier molecular flexibility index (Phi) is 5.91. The number of hydrogen-bond donors (Lipinski definition) is 2. The summed E-state index contributed by atoms with van der Waals surface area (Å²) in [5.41, 5.74) is 1.89. The lowest BCUT2D eigenvalue weighted by Gasteiger charge is -2.26. The number of fused-ring (bicyclic) bond motifs is 1. The van der Waals surface area contributed by atoms with Gasteiger partial charge in [-0.05, 0) is 62.5 Å². The molecule has 1 aromatic carbocycles. The first-order chi connectivity index (χ1) is 12.2. The summed E-state index contributed by atoms with van der Waals surface area (Å²) in [6.45, 7) is 5.13. The van der Waals surface area contributed by atoms with Gasteiger partial charge in [0.1, 0.15) is 5.75 Å². The highest BCUT2D eigenvalue weighted by Crippen LogP contribution is 2.26. The van der Waals surface area contributed by atoms with Crippen LogP contribution in [0.1, 0.15) is 38.2 Å². The summed E-state index contributed by atoms with van der Waals surface area (Å²) in [6, 6.07) is 5.94. The number of likely N-dealkylation sites (tertiary alicyclic amines) is 1. The van der Waals surface area contributed by atoms with Crippen molar-refractivity contribution >= 4 is 17.5 Å². The third-order valence-corrected chi connectivity index (χ3v) is 5.01. The van der Waals surface area contributed by atoms with Crippen molar-refractivity contribution in [1.82, 2.24) is 10.2 Å². The van der Waals surface area contributed by atoms with Gasteiger partial charge in [0.15, 0.2) is 6.61 Å². The maximum absolute atomic E-state index is 12.1. The van der Waals surface area contributed by atoms with E-state index in [2.05, 4.69) is 22.5 Å². The number of rotatable bonds is 7. The van der Waals surface area contributed by atoms with E-state index < -0.39 is 0 Å². The average molecular weight is 345 g/mol. The fraction of sp³-hybridized carbons (Fsp3) is 0.579. The molecular weight excluding hydrogens is 318 g/mol. The van der Waals surface area contributed by atoms with E-state index in [-0.39, 0.29) is 18.4 Å². The number of aryl methyl sites for hydroxylation is 1. The van der Waals surface area contributed by atoms with Crippen molar-refractivity contribution in [1.29, 1.82) is 0 Å². The number of carbonyl (C=O) groups is 2. The summed E-state index contributed by atoms with van der Waals surface area (Å²) < 4.78 is 5.61. The average Bonchev–Trinajstić information content (AvgIpc) is 3.15. The topological polar surface area (TPSA) is 70.7 Å². The van der Waals surface area contributed by atoms with Crippen LogP contribution in [-0.2, 0) is 16.0 Å². The number of anilines is 1. The first-order valence-electron chi connectivity index (χ1n) is 9.22. The number of nitrogens with one attached hydrogen (secondary N) is 2. The van der Waals surface area contributed by atoms with Gasteiger partial charge in [0.2, 0.25) is 5.91 Å². The Bertz CT molecular complexity index is 626. The molecule has 1 fully saturated rings. The summed E-state index contributed by atoms with van der Waals surface area (Å²) in [4.78, 5) is 25.9. The minimum atomic E-state index is -0.0938. The molecule has 0 spiro atoms. The molecule has 1 aromatic rings. The molecule has 136 valence electrons. The molecule has 2 aliphatic rings. The zero-order valence-electron chi connectivity index (χ0n) is 14.8. The van der Waals surface area contributed by atoms with Crippen molar-refractivity contribution in [2.75, 3.05) is 31.6 Å². The van der Waals surface area contributed by atoms with Crippen LogP contribution in [-0.4, -0.2) is 49.0 Å². The van der Waals surface area contributed by atoms with Crippen molar-refractivity contribution in [3.8, 4) is 5.75 Å². The van der Waals surface area contributed by atoms with Gasteiger partial charge >= 0.3 is 0 Å². The molecule has 2 amide bonds. The highest BCUT2D eigenvalue weighted by Gasteiger charge is 2.21. The molecule has 0 bridgehead atoms. The maximum atomic E-state index is 12.1. The van der Waals surface area contributed by atoms with Gasteiger partial charge in [-0.1, -0.05) is 6.92 Å². The Hall–Kier alpha value is -2.08. The van der Waals surface area contributed by atoms with Crippen molar-refractivity contribution in [3.63, 3.8) is 0 Å². The lowest BCUT2D eigenvalue weighted by atomic mass is 10.0. The fourth-order valence-electron chi connectivity index (χ4n) is 3.52. The van der Waals surface area contributed by atoms with Crippen LogP contribution < -0.4 is 15.4 Å². The van der Waals surface area contributed by atoms with Gasteiger partial charge in [-0.2, -0.15) is 0 Å². The Morgan fingerprint density at radius 3 is 2.88 bits per heavy atom. The number of amides is 2. The van der Waals surface area contributed by atoms with E-state index in [9.17, 15) is 9.59 Å². The standard InChI is InChI=1S/C19H27N3O3/c1-2-15(22-9-3-4-10-22)12-20-19(24)13-25-16-6-7-17-14(11-16)5-8-18(23)21-17/h6-7,11,15H,2-5,8-10,12-13H2,1H3,(H,20,24)(H,21,23)/t15-/m0/s1. The monoisotopic (exact) mass is 345 g/mol. The predicted octanol–water partition coefficient (Wildman–Crippen LogP) is 1.94. The largest absolute Gasteiger partial charge is 0.484 e. The van der Waals surface area contributed by atoms with Gasteiger partial charge in [0.05, 0.1) is 0 Å².